The lowest BCUT2D eigenvalue weighted by molar-refractivity contribution is 0.101. The number of aromatic nitrogens is 2. The summed E-state index contributed by atoms with van der Waals surface area (Å²) < 4.78 is 22.9. The Hall–Kier alpha value is -2.64. The largest absolute Gasteiger partial charge is 0.491 e. The molecule has 1 heterocycles. The summed E-state index contributed by atoms with van der Waals surface area (Å²) in [5.41, 5.74) is 5.45. The lowest BCUT2D eigenvalue weighted by Gasteiger charge is -2.07. The van der Waals surface area contributed by atoms with Crippen molar-refractivity contribution in [2.75, 3.05) is 17.7 Å². The number of hydrogen-bond acceptors (Lipinski definition) is 6. The molecule has 0 aliphatic carbocycles. The monoisotopic (exact) mass is 266 g/mol. The highest BCUT2D eigenvalue weighted by atomic mass is 19.1. The highest BCUT2D eigenvalue weighted by molar-refractivity contribution is 6.05. The molecular formula is C11H11FN4O3. The van der Waals surface area contributed by atoms with Crippen LogP contribution in [0.25, 0.3) is 0 Å². The lowest BCUT2D eigenvalue weighted by Crippen LogP contribution is -2.14. The van der Waals surface area contributed by atoms with E-state index >= 15 is 0 Å². The Morgan fingerprint density at radius 1 is 1.53 bits per heavy atom. The third kappa shape index (κ3) is 2.79. The number of ether oxygens (including phenoxy) is 1. The molecular weight excluding hydrogens is 255 g/mol. The van der Waals surface area contributed by atoms with Crippen molar-refractivity contribution in [3.05, 3.63) is 29.7 Å². The van der Waals surface area contributed by atoms with Crippen LogP contribution in [0.3, 0.4) is 0 Å². The fraction of sp³-hybridized carbons (Fsp3) is 0.182. The van der Waals surface area contributed by atoms with Gasteiger partial charge in [0.15, 0.2) is 11.6 Å². The molecule has 0 unspecified atom stereocenters. The van der Waals surface area contributed by atoms with Crippen molar-refractivity contribution in [3.63, 3.8) is 0 Å². The number of nitrogen functional groups attached to an aromatic ring is 1. The number of amides is 1. The maximum Gasteiger partial charge on any atom is 0.281 e. The standard InChI is InChI=1S/C11H11FN4O3/c1-2-18-8-4-3-6(5-7(8)12)14-11(17)9-10(13)16-19-15-9/h3-5H,2H2,1H3,(H2,13,16)(H,14,17). The number of carbonyl (C=O) groups excluding carboxylic acids is 1. The minimum Gasteiger partial charge on any atom is -0.491 e. The SMILES string of the molecule is CCOc1ccc(NC(=O)c2nonc2N)cc1F. The van der Waals surface area contributed by atoms with Crippen molar-refractivity contribution in [1.29, 1.82) is 0 Å². The van der Waals surface area contributed by atoms with Gasteiger partial charge in [0.05, 0.1) is 6.61 Å². The van der Waals surface area contributed by atoms with Crippen molar-refractivity contribution in [3.8, 4) is 5.75 Å². The summed E-state index contributed by atoms with van der Waals surface area (Å²) in [4.78, 5) is 11.7. The molecule has 0 saturated heterocycles. The second-order valence-electron chi connectivity index (χ2n) is 3.53. The van der Waals surface area contributed by atoms with Crippen LogP contribution in [-0.4, -0.2) is 22.8 Å². The Morgan fingerprint density at radius 3 is 2.89 bits per heavy atom. The van der Waals surface area contributed by atoms with Crippen LogP contribution in [0.4, 0.5) is 15.9 Å². The molecule has 100 valence electrons. The third-order valence-electron chi connectivity index (χ3n) is 2.22. The molecule has 1 aromatic heterocycles. The molecule has 0 saturated carbocycles. The van der Waals surface area contributed by atoms with Gasteiger partial charge in [0.25, 0.3) is 5.91 Å². The van der Waals surface area contributed by atoms with Crippen LogP contribution in [0.1, 0.15) is 17.4 Å². The van der Waals surface area contributed by atoms with E-state index in [-0.39, 0.29) is 22.9 Å². The van der Waals surface area contributed by atoms with Crippen molar-refractivity contribution in [1.82, 2.24) is 10.3 Å². The number of nitrogens with zero attached hydrogens (tertiary/aromatic N) is 2. The Labute approximate surface area is 107 Å². The van der Waals surface area contributed by atoms with Gasteiger partial charge in [-0.15, -0.1) is 0 Å². The van der Waals surface area contributed by atoms with Gasteiger partial charge in [0, 0.05) is 11.8 Å². The normalized spacial score (nSPS) is 10.2. The number of benzene rings is 1. The van der Waals surface area contributed by atoms with Crippen molar-refractivity contribution in [2.45, 2.75) is 6.92 Å². The Bertz CT molecular complexity index is 599. The van der Waals surface area contributed by atoms with Gasteiger partial charge in [-0.1, -0.05) is 0 Å². The zero-order chi connectivity index (χ0) is 13.8. The van der Waals surface area contributed by atoms with Gasteiger partial charge in [0.2, 0.25) is 11.5 Å². The van der Waals surface area contributed by atoms with Gasteiger partial charge in [-0.05, 0) is 29.4 Å². The maximum absolute atomic E-state index is 13.6. The van der Waals surface area contributed by atoms with Gasteiger partial charge in [0.1, 0.15) is 0 Å². The summed E-state index contributed by atoms with van der Waals surface area (Å²) in [5.74, 6) is -1.24. The summed E-state index contributed by atoms with van der Waals surface area (Å²) >= 11 is 0. The predicted octanol–water partition coefficient (Wildman–Crippen LogP) is 1.44. The van der Waals surface area contributed by atoms with Crippen LogP contribution in [-0.2, 0) is 0 Å². The maximum atomic E-state index is 13.6. The van der Waals surface area contributed by atoms with Crippen LogP contribution < -0.4 is 15.8 Å². The molecule has 0 atom stereocenters. The number of nitrogens with one attached hydrogen (secondary N) is 1. The molecule has 0 radical (unpaired) electrons. The number of carbonyl (C=O) groups is 1. The molecule has 7 nitrogen and oxygen atoms in total. The van der Waals surface area contributed by atoms with E-state index < -0.39 is 11.7 Å². The van der Waals surface area contributed by atoms with Crippen molar-refractivity contribution >= 4 is 17.4 Å². The highest BCUT2D eigenvalue weighted by Crippen LogP contribution is 2.21. The first kappa shape index (κ1) is 12.8. The van der Waals surface area contributed by atoms with Crippen LogP contribution >= 0.6 is 0 Å². The predicted molar refractivity (Wildman–Crippen MR) is 64.2 cm³/mol. The first-order valence-electron chi connectivity index (χ1n) is 5.43. The van der Waals surface area contributed by atoms with Crippen molar-refractivity contribution < 1.29 is 18.6 Å². The molecule has 19 heavy (non-hydrogen) atoms. The topological polar surface area (TPSA) is 103 Å². The van der Waals surface area contributed by atoms with E-state index in [1.165, 1.54) is 12.1 Å². The lowest BCUT2D eigenvalue weighted by atomic mass is 10.2. The molecule has 8 heteroatoms. The summed E-state index contributed by atoms with van der Waals surface area (Å²) in [7, 11) is 0. The Morgan fingerprint density at radius 2 is 2.32 bits per heavy atom. The molecule has 0 bridgehead atoms. The van der Waals surface area contributed by atoms with Crippen LogP contribution in [0, 0.1) is 5.82 Å². The van der Waals surface area contributed by atoms with E-state index in [1.54, 1.807) is 6.92 Å². The third-order valence-corrected chi connectivity index (χ3v) is 2.22. The van der Waals surface area contributed by atoms with E-state index in [9.17, 15) is 9.18 Å². The second-order valence-corrected chi connectivity index (χ2v) is 3.53. The molecule has 0 fully saturated rings. The van der Waals surface area contributed by atoms with Crippen LogP contribution in [0.2, 0.25) is 0 Å². The smallest absolute Gasteiger partial charge is 0.281 e. The van der Waals surface area contributed by atoms with Gasteiger partial charge < -0.3 is 15.8 Å². The van der Waals surface area contributed by atoms with E-state index in [4.69, 9.17) is 10.5 Å². The first-order chi connectivity index (χ1) is 9.11. The van der Waals surface area contributed by atoms with Crippen molar-refractivity contribution in [2.24, 2.45) is 0 Å². The molecule has 3 N–H and O–H groups in total. The fourth-order valence-electron chi connectivity index (χ4n) is 1.39. The van der Waals surface area contributed by atoms with E-state index in [1.807, 2.05) is 0 Å². The minimum absolute atomic E-state index is 0.114. The quantitative estimate of drug-likeness (QED) is 0.867. The van der Waals surface area contributed by atoms with Gasteiger partial charge >= 0.3 is 0 Å². The fourth-order valence-corrected chi connectivity index (χ4v) is 1.39. The molecule has 1 amide bonds. The molecule has 0 aliphatic heterocycles. The number of rotatable bonds is 4. The average Bonchev–Trinajstić information content (AvgIpc) is 2.79. The molecule has 0 spiro atoms. The number of halogens is 1. The first-order valence-corrected chi connectivity index (χ1v) is 5.43. The molecule has 0 aliphatic rings. The number of nitrogens with two attached hydrogens (primary N) is 1. The summed E-state index contributed by atoms with van der Waals surface area (Å²) in [6, 6.07) is 4.04. The molecule has 2 rings (SSSR count). The van der Waals surface area contributed by atoms with Crippen LogP contribution in [0.5, 0.6) is 5.75 Å². The molecule has 2 aromatic rings. The van der Waals surface area contributed by atoms with E-state index in [2.05, 4.69) is 20.3 Å². The Kier molecular flexibility index (Phi) is 3.60. The zero-order valence-corrected chi connectivity index (χ0v) is 10.0. The zero-order valence-electron chi connectivity index (χ0n) is 10.0. The van der Waals surface area contributed by atoms with Gasteiger partial charge in [-0.3, -0.25) is 4.79 Å². The highest BCUT2D eigenvalue weighted by Gasteiger charge is 2.16. The molecule has 1 aromatic carbocycles. The number of hydrogen-bond donors (Lipinski definition) is 2. The number of anilines is 2. The van der Waals surface area contributed by atoms with Crippen LogP contribution in [0.15, 0.2) is 22.8 Å². The average molecular weight is 266 g/mol. The minimum atomic E-state index is -0.637. The summed E-state index contributed by atoms with van der Waals surface area (Å²) in [6.07, 6.45) is 0. The van der Waals surface area contributed by atoms with Gasteiger partial charge in [-0.2, -0.15) is 0 Å². The van der Waals surface area contributed by atoms with E-state index in [0.717, 1.165) is 6.07 Å². The summed E-state index contributed by atoms with van der Waals surface area (Å²) in [6.45, 7) is 2.10. The van der Waals surface area contributed by atoms with Gasteiger partial charge in [-0.25, -0.2) is 9.02 Å². The summed E-state index contributed by atoms with van der Waals surface area (Å²) in [5, 5.41) is 9.03. The van der Waals surface area contributed by atoms with E-state index in [0.29, 0.717) is 6.61 Å². The second kappa shape index (κ2) is 5.34. The Balaban J connectivity index is 2.14.